The van der Waals surface area contributed by atoms with Crippen molar-refractivity contribution in [3.05, 3.63) is 70.8 Å². The number of aromatic nitrogens is 3. The van der Waals surface area contributed by atoms with Crippen molar-refractivity contribution >= 4 is 28.6 Å². The molecule has 4 aromatic rings. The molecule has 136 valence electrons. The van der Waals surface area contributed by atoms with Crippen molar-refractivity contribution in [1.29, 1.82) is 0 Å². The molecule has 0 spiro atoms. The zero-order valence-electron chi connectivity index (χ0n) is 14.1. The minimum atomic E-state index is -0.528. The molecule has 3 aromatic heterocycles. The first-order valence-corrected chi connectivity index (χ1v) is 10.0. The Hall–Kier alpha value is -2.84. The van der Waals surface area contributed by atoms with E-state index in [4.69, 9.17) is 0 Å². The Balaban J connectivity index is 1.51. The quantitative estimate of drug-likeness (QED) is 0.527. The van der Waals surface area contributed by atoms with Crippen LogP contribution in [-0.2, 0) is 6.54 Å². The van der Waals surface area contributed by atoms with E-state index in [0.717, 1.165) is 21.3 Å². The van der Waals surface area contributed by atoms with E-state index < -0.39 is 11.7 Å². The first-order chi connectivity index (χ1) is 13.2. The summed E-state index contributed by atoms with van der Waals surface area (Å²) < 4.78 is 15.6. The Morgan fingerprint density at radius 3 is 2.78 bits per heavy atom. The summed E-state index contributed by atoms with van der Waals surface area (Å²) in [6, 6.07) is 12.0. The van der Waals surface area contributed by atoms with E-state index >= 15 is 0 Å². The van der Waals surface area contributed by atoms with Gasteiger partial charge in [-0.2, -0.15) is 5.10 Å². The number of nitrogens with one attached hydrogen (secondary N) is 1. The van der Waals surface area contributed by atoms with Crippen LogP contribution in [0, 0.1) is 5.82 Å². The van der Waals surface area contributed by atoms with Gasteiger partial charge >= 0.3 is 0 Å². The van der Waals surface area contributed by atoms with Crippen molar-refractivity contribution in [2.75, 3.05) is 6.54 Å². The summed E-state index contributed by atoms with van der Waals surface area (Å²) in [7, 11) is 0. The molecule has 1 amide bonds. The minimum absolute atomic E-state index is 0.0416. The van der Waals surface area contributed by atoms with Crippen LogP contribution in [0.2, 0.25) is 0 Å². The molecule has 0 saturated heterocycles. The Kier molecular flexibility index (Phi) is 5.08. The second-order valence-electron chi connectivity index (χ2n) is 5.69. The van der Waals surface area contributed by atoms with E-state index in [2.05, 4.69) is 15.4 Å². The van der Waals surface area contributed by atoms with Gasteiger partial charge in [0.05, 0.1) is 22.7 Å². The molecule has 1 N–H and O–H groups in total. The third-order valence-corrected chi connectivity index (χ3v) is 5.62. The lowest BCUT2D eigenvalue weighted by Gasteiger charge is -2.08. The molecule has 0 aliphatic rings. The van der Waals surface area contributed by atoms with Gasteiger partial charge in [-0.25, -0.2) is 9.37 Å². The molecule has 0 atom stereocenters. The van der Waals surface area contributed by atoms with Crippen LogP contribution in [0.3, 0.4) is 0 Å². The zero-order valence-corrected chi connectivity index (χ0v) is 15.8. The van der Waals surface area contributed by atoms with E-state index in [9.17, 15) is 9.18 Å². The number of rotatable bonds is 6. The predicted molar refractivity (Wildman–Crippen MR) is 105 cm³/mol. The van der Waals surface area contributed by atoms with Gasteiger partial charge in [-0.3, -0.25) is 9.48 Å². The number of hydrogen-bond donors (Lipinski definition) is 1. The van der Waals surface area contributed by atoms with Crippen molar-refractivity contribution < 1.29 is 9.18 Å². The van der Waals surface area contributed by atoms with Gasteiger partial charge in [-0.15, -0.1) is 22.7 Å². The van der Waals surface area contributed by atoms with E-state index in [0.29, 0.717) is 13.1 Å². The first kappa shape index (κ1) is 17.6. The van der Waals surface area contributed by atoms with Gasteiger partial charge in [-0.05, 0) is 29.6 Å². The molecular formula is C19H15FN4OS2. The number of nitrogens with zero attached hydrogens (tertiary/aromatic N) is 3. The van der Waals surface area contributed by atoms with Gasteiger partial charge in [0.2, 0.25) is 0 Å². The average Bonchev–Trinajstić information content (AvgIpc) is 3.42. The van der Waals surface area contributed by atoms with Crippen LogP contribution >= 0.6 is 22.7 Å². The molecule has 0 unspecified atom stereocenters. The molecular weight excluding hydrogens is 383 g/mol. The smallest absolute Gasteiger partial charge is 0.254 e. The van der Waals surface area contributed by atoms with E-state index in [1.165, 1.54) is 23.5 Å². The molecule has 5 nitrogen and oxygen atoms in total. The third kappa shape index (κ3) is 3.81. The molecule has 0 bridgehead atoms. The maximum Gasteiger partial charge on any atom is 0.254 e. The van der Waals surface area contributed by atoms with Crippen LogP contribution < -0.4 is 5.32 Å². The molecule has 3 heterocycles. The van der Waals surface area contributed by atoms with Gasteiger partial charge in [0, 0.05) is 18.1 Å². The zero-order chi connectivity index (χ0) is 18.6. The Bertz CT molecular complexity index is 1040. The summed E-state index contributed by atoms with van der Waals surface area (Å²) in [5.41, 5.74) is 1.81. The fourth-order valence-electron chi connectivity index (χ4n) is 2.68. The number of thiophene rings is 1. The number of halogens is 1. The highest BCUT2D eigenvalue weighted by molar-refractivity contribution is 7.13. The number of benzene rings is 1. The average molecular weight is 398 g/mol. The Morgan fingerprint density at radius 2 is 2.04 bits per heavy atom. The summed E-state index contributed by atoms with van der Waals surface area (Å²) in [5.74, 6) is -0.961. The fraction of sp³-hybridized carbons (Fsp3) is 0.105. The molecule has 0 radical (unpaired) electrons. The summed E-state index contributed by atoms with van der Waals surface area (Å²) in [6.07, 6.45) is 1.75. The summed E-state index contributed by atoms with van der Waals surface area (Å²) in [6.45, 7) is 0.809. The van der Waals surface area contributed by atoms with Crippen LogP contribution in [-0.4, -0.2) is 27.2 Å². The van der Waals surface area contributed by atoms with Crippen molar-refractivity contribution in [3.8, 4) is 21.3 Å². The standard InChI is InChI=1S/C19H15FN4OS2/c20-14-5-2-1-4-13(14)18(25)21-7-9-24-16(17-6-3-10-26-17)12-15(23-24)19-22-8-11-27-19/h1-6,8,10-12H,7,9H2,(H,21,25). The second kappa shape index (κ2) is 7.81. The molecule has 27 heavy (non-hydrogen) atoms. The van der Waals surface area contributed by atoms with Gasteiger partial charge in [-0.1, -0.05) is 18.2 Å². The van der Waals surface area contributed by atoms with Gasteiger partial charge < -0.3 is 5.32 Å². The molecule has 1 aromatic carbocycles. The highest BCUT2D eigenvalue weighted by Gasteiger charge is 2.15. The van der Waals surface area contributed by atoms with Gasteiger partial charge in [0.25, 0.3) is 5.91 Å². The number of carbonyl (C=O) groups is 1. The number of carbonyl (C=O) groups excluding carboxylic acids is 1. The summed E-state index contributed by atoms with van der Waals surface area (Å²) >= 11 is 3.15. The van der Waals surface area contributed by atoms with Crippen molar-refractivity contribution in [2.45, 2.75) is 6.54 Å². The molecule has 0 saturated carbocycles. The maximum absolute atomic E-state index is 13.7. The molecule has 0 aliphatic heterocycles. The summed E-state index contributed by atoms with van der Waals surface area (Å²) in [5, 5.41) is 12.2. The molecule has 0 fully saturated rings. The van der Waals surface area contributed by atoms with Crippen molar-refractivity contribution in [3.63, 3.8) is 0 Å². The highest BCUT2D eigenvalue weighted by atomic mass is 32.1. The number of thiazole rings is 1. The van der Waals surface area contributed by atoms with E-state index in [1.807, 2.05) is 33.6 Å². The minimum Gasteiger partial charge on any atom is -0.350 e. The lowest BCUT2D eigenvalue weighted by molar-refractivity contribution is 0.0948. The van der Waals surface area contributed by atoms with Crippen LogP contribution in [0.25, 0.3) is 21.3 Å². The molecule has 8 heteroatoms. The topological polar surface area (TPSA) is 59.8 Å². The third-order valence-electron chi connectivity index (χ3n) is 3.93. The molecule has 4 rings (SSSR count). The monoisotopic (exact) mass is 398 g/mol. The second-order valence-corrected chi connectivity index (χ2v) is 7.53. The lowest BCUT2D eigenvalue weighted by atomic mass is 10.2. The van der Waals surface area contributed by atoms with Crippen LogP contribution in [0.4, 0.5) is 4.39 Å². The normalized spacial score (nSPS) is 10.9. The predicted octanol–water partition coefficient (Wildman–Crippen LogP) is 4.30. The van der Waals surface area contributed by atoms with Crippen LogP contribution in [0.5, 0.6) is 0 Å². The van der Waals surface area contributed by atoms with E-state index in [1.54, 1.807) is 29.7 Å². The number of hydrogen-bond acceptors (Lipinski definition) is 5. The van der Waals surface area contributed by atoms with Gasteiger partial charge in [0.1, 0.15) is 16.5 Å². The SMILES string of the molecule is O=C(NCCn1nc(-c2nccs2)cc1-c1cccs1)c1ccccc1F. The van der Waals surface area contributed by atoms with Crippen LogP contribution in [0.1, 0.15) is 10.4 Å². The largest absolute Gasteiger partial charge is 0.350 e. The van der Waals surface area contributed by atoms with Crippen LogP contribution in [0.15, 0.2) is 59.4 Å². The molecule has 0 aliphatic carbocycles. The highest BCUT2D eigenvalue weighted by Crippen LogP contribution is 2.30. The Morgan fingerprint density at radius 1 is 1.15 bits per heavy atom. The van der Waals surface area contributed by atoms with E-state index in [-0.39, 0.29) is 5.56 Å². The van der Waals surface area contributed by atoms with Crippen molar-refractivity contribution in [2.24, 2.45) is 0 Å². The maximum atomic E-state index is 13.7. The Labute approximate surface area is 163 Å². The first-order valence-electron chi connectivity index (χ1n) is 8.26. The fourth-order valence-corrected chi connectivity index (χ4v) is 4.02. The lowest BCUT2D eigenvalue weighted by Crippen LogP contribution is -2.28. The van der Waals surface area contributed by atoms with Gasteiger partial charge in [0.15, 0.2) is 0 Å². The summed E-state index contributed by atoms with van der Waals surface area (Å²) in [4.78, 5) is 17.6. The number of amides is 1. The van der Waals surface area contributed by atoms with Crippen molar-refractivity contribution in [1.82, 2.24) is 20.1 Å².